The van der Waals surface area contributed by atoms with Crippen LogP contribution in [-0.2, 0) is 28.7 Å². The average molecular weight is 785 g/mol. The third kappa shape index (κ3) is 11.3. The molecule has 56 heavy (non-hydrogen) atoms. The lowest BCUT2D eigenvalue weighted by molar-refractivity contribution is -0.328. The number of piperidine rings is 2. The Morgan fingerprint density at radius 3 is 1.14 bits per heavy atom. The van der Waals surface area contributed by atoms with Crippen molar-refractivity contribution >= 4 is 11.9 Å². The molecule has 6 unspecified atom stereocenters. The number of hydrogen-bond donors (Lipinski definition) is 0. The van der Waals surface area contributed by atoms with E-state index in [1.54, 1.807) is 0 Å². The summed E-state index contributed by atoms with van der Waals surface area (Å²) in [5.41, 5.74) is -0.803. The van der Waals surface area contributed by atoms with Crippen LogP contribution in [-0.4, -0.2) is 68.6 Å². The topological polar surface area (TPSA) is 77.5 Å². The monoisotopic (exact) mass is 785 g/mol. The van der Waals surface area contributed by atoms with Crippen LogP contribution < -0.4 is 0 Å². The summed E-state index contributed by atoms with van der Waals surface area (Å²) in [6.07, 6.45) is 29.0. The number of ether oxygens (including phenoxy) is 2. The summed E-state index contributed by atoms with van der Waals surface area (Å²) in [5, 5.41) is 4.60. The van der Waals surface area contributed by atoms with E-state index in [0.717, 1.165) is 76.0 Å². The SMILES string of the molecule is CC1(C)CC(OC(=O)CCCCCCCCC(=O)OC2CC(C)(C)N(OC3CCCC4CCCCC43)C(C)(C)C2)CC(C)(C)N1OC1CCCC2CCCCC21. The van der Waals surface area contributed by atoms with Gasteiger partial charge < -0.3 is 9.47 Å². The Bertz CT molecular complexity index is 1140. The summed E-state index contributed by atoms with van der Waals surface area (Å²) in [6.45, 7) is 18.1. The first-order valence-electron chi connectivity index (χ1n) is 23.9. The smallest absolute Gasteiger partial charge is 0.306 e. The van der Waals surface area contributed by atoms with Crippen molar-refractivity contribution in [3.63, 3.8) is 0 Å². The van der Waals surface area contributed by atoms with E-state index in [1.165, 1.54) is 89.9 Å². The largest absolute Gasteiger partial charge is 0.462 e. The van der Waals surface area contributed by atoms with Crippen LogP contribution in [0.25, 0.3) is 0 Å². The lowest BCUT2D eigenvalue weighted by Crippen LogP contribution is -2.63. The number of carbonyl (C=O) groups is 2. The number of carbonyl (C=O) groups excluding carboxylic acids is 2. The fourth-order valence-corrected chi connectivity index (χ4v) is 13.1. The predicted molar refractivity (Wildman–Crippen MR) is 224 cm³/mol. The third-order valence-corrected chi connectivity index (χ3v) is 15.2. The lowest BCUT2D eigenvalue weighted by atomic mass is 9.69. The van der Waals surface area contributed by atoms with Gasteiger partial charge in [0.15, 0.2) is 0 Å². The van der Waals surface area contributed by atoms with E-state index in [1.807, 2.05) is 0 Å². The highest BCUT2D eigenvalue weighted by atomic mass is 16.7. The summed E-state index contributed by atoms with van der Waals surface area (Å²) in [5.74, 6) is 2.95. The Hall–Kier alpha value is -1.22. The molecule has 0 N–H and O–H groups in total. The Morgan fingerprint density at radius 1 is 0.446 bits per heavy atom. The van der Waals surface area contributed by atoms with Crippen LogP contribution >= 0.6 is 0 Å². The maximum absolute atomic E-state index is 13.0. The second-order valence-corrected chi connectivity index (χ2v) is 22.1. The van der Waals surface area contributed by atoms with E-state index in [-0.39, 0.29) is 46.3 Å². The molecule has 2 saturated heterocycles. The molecule has 8 heteroatoms. The molecule has 2 heterocycles. The molecule has 0 bridgehead atoms. The zero-order chi connectivity index (χ0) is 40.1. The highest BCUT2D eigenvalue weighted by Gasteiger charge is 2.51. The maximum Gasteiger partial charge on any atom is 0.306 e. The fraction of sp³-hybridized carbons (Fsp3) is 0.958. The van der Waals surface area contributed by atoms with Gasteiger partial charge in [-0.15, -0.1) is 0 Å². The molecule has 6 aliphatic rings. The van der Waals surface area contributed by atoms with Crippen LogP contribution in [0.2, 0.25) is 0 Å². The Balaban J connectivity index is 0.833. The standard InChI is InChI=1S/C48H84N2O6/c1-45(2)31-37(32-46(3,4)49(45)55-41-27-19-23-35-21-15-17-25-39(35)41)53-43(51)29-13-11-9-10-12-14-30-44(52)54-38-33-47(5,6)50(48(7,8)34-38)56-42-28-20-24-36-22-16-18-26-40(36)42/h35-42H,9-34H2,1-8H3. The summed E-state index contributed by atoms with van der Waals surface area (Å²) < 4.78 is 12.2. The summed E-state index contributed by atoms with van der Waals surface area (Å²) in [4.78, 5) is 39.9. The highest BCUT2D eigenvalue weighted by Crippen LogP contribution is 2.48. The van der Waals surface area contributed by atoms with Gasteiger partial charge in [0.1, 0.15) is 12.2 Å². The van der Waals surface area contributed by atoms with Crippen molar-refractivity contribution in [2.75, 3.05) is 0 Å². The minimum absolute atomic E-state index is 0.0633. The van der Waals surface area contributed by atoms with Crippen LogP contribution in [0.4, 0.5) is 0 Å². The van der Waals surface area contributed by atoms with Crippen molar-refractivity contribution < 1.29 is 28.7 Å². The van der Waals surface area contributed by atoms with E-state index >= 15 is 0 Å². The number of nitrogens with zero attached hydrogens (tertiary/aromatic N) is 2. The van der Waals surface area contributed by atoms with E-state index in [4.69, 9.17) is 19.1 Å². The molecule has 4 aliphatic carbocycles. The molecule has 0 spiro atoms. The van der Waals surface area contributed by atoms with Gasteiger partial charge in [-0.2, -0.15) is 10.1 Å². The molecular weight excluding hydrogens is 701 g/mol. The van der Waals surface area contributed by atoms with Gasteiger partial charge in [-0.1, -0.05) is 77.0 Å². The average Bonchev–Trinajstić information content (AvgIpc) is 3.12. The van der Waals surface area contributed by atoms with Gasteiger partial charge in [0.2, 0.25) is 0 Å². The van der Waals surface area contributed by atoms with E-state index in [2.05, 4.69) is 65.5 Å². The molecule has 0 aromatic heterocycles. The van der Waals surface area contributed by atoms with Gasteiger partial charge in [-0.05, 0) is 130 Å². The zero-order valence-corrected chi connectivity index (χ0v) is 37.3. The Labute approximate surface area is 342 Å². The molecule has 6 rings (SSSR count). The van der Waals surface area contributed by atoms with Gasteiger partial charge in [0.25, 0.3) is 0 Å². The lowest BCUT2D eigenvalue weighted by Gasteiger charge is -2.55. The number of hydrogen-bond acceptors (Lipinski definition) is 8. The molecule has 0 amide bonds. The molecule has 6 atom stereocenters. The van der Waals surface area contributed by atoms with Gasteiger partial charge in [-0.3, -0.25) is 19.3 Å². The number of esters is 2. The molecule has 8 nitrogen and oxygen atoms in total. The predicted octanol–water partition coefficient (Wildman–Crippen LogP) is 11.8. The van der Waals surface area contributed by atoms with E-state index in [0.29, 0.717) is 36.9 Å². The number of fused-ring (bicyclic) bond motifs is 2. The van der Waals surface area contributed by atoms with Crippen LogP contribution in [0.1, 0.15) is 222 Å². The minimum Gasteiger partial charge on any atom is -0.462 e. The molecule has 0 aromatic carbocycles. The Kier molecular flexibility index (Phi) is 15.0. The molecule has 6 fully saturated rings. The first-order chi connectivity index (χ1) is 26.5. The van der Waals surface area contributed by atoms with Crippen molar-refractivity contribution in [1.29, 1.82) is 0 Å². The zero-order valence-electron chi connectivity index (χ0n) is 37.3. The molecule has 0 radical (unpaired) electrons. The van der Waals surface area contributed by atoms with Gasteiger partial charge in [-0.25, -0.2) is 0 Å². The molecule has 0 aromatic rings. The highest BCUT2D eigenvalue weighted by molar-refractivity contribution is 5.70. The van der Waals surface area contributed by atoms with Gasteiger partial charge in [0, 0.05) is 60.7 Å². The molecule has 4 saturated carbocycles. The number of rotatable bonds is 15. The van der Waals surface area contributed by atoms with Crippen molar-refractivity contribution in [1.82, 2.24) is 10.1 Å². The minimum atomic E-state index is -0.201. The second kappa shape index (κ2) is 19.0. The Morgan fingerprint density at radius 2 is 0.768 bits per heavy atom. The first-order valence-corrected chi connectivity index (χ1v) is 23.9. The van der Waals surface area contributed by atoms with Crippen LogP contribution in [0.15, 0.2) is 0 Å². The van der Waals surface area contributed by atoms with Crippen LogP contribution in [0, 0.1) is 23.7 Å². The molecule has 2 aliphatic heterocycles. The van der Waals surface area contributed by atoms with E-state index in [9.17, 15) is 9.59 Å². The van der Waals surface area contributed by atoms with E-state index < -0.39 is 0 Å². The number of hydroxylamine groups is 4. The van der Waals surface area contributed by atoms with Crippen LogP contribution in [0.3, 0.4) is 0 Å². The van der Waals surface area contributed by atoms with Crippen molar-refractivity contribution in [3.8, 4) is 0 Å². The van der Waals surface area contributed by atoms with Gasteiger partial charge >= 0.3 is 11.9 Å². The summed E-state index contributed by atoms with van der Waals surface area (Å²) in [6, 6.07) is 0. The molecular formula is C48H84N2O6. The summed E-state index contributed by atoms with van der Waals surface area (Å²) >= 11 is 0. The van der Waals surface area contributed by atoms with Gasteiger partial charge in [0.05, 0.1) is 12.2 Å². The van der Waals surface area contributed by atoms with Crippen LogP contribution in [0.5, 0.6) is 0 Å². The maximum atomic E-state index is 13.0. The normalized spacial score (nSPS) is 33.6. The molecule has 322 valence electrons. The van der Waals surface area contributed by atoms with Crippen molar-refractivity contribution in [2.24, 2.45) is 23.7 Å². The summed E-state index contributed by atoms with van der Waals surface area (Å²) in [7, 11) is 0. The fourth-order valence-electron chi connectivity index (χ4n) is 13.1. The first kappa shape index (κ1) is 44.3. The quantitative estimate of drug-likeness (QED) is 0.120. The van der Waals surface area contributed by atoms with Crippen molar-refractivity contribution in [3.05, 3.63) is 0 Å². The third-order valence-electron chi connectivity index (χ3n) is 15.2. The number of unbranched alkanes of at least 4 members (excludes halogenated alkanes) is 5. The van der Waals surface area contributed by atoms with Crippen molar-refractivity contribution in [2.45, 2.75) is 269 Å². The second-order valence-electron chi connectivity index (χ2n) is 22.1.